The number of ether oxygens (including phenoxy) is 1. The molecule has 3 rings (SSSR count). The van der Waals surface area contributed by atoms with Crippen molar-refractivity contribution in [1.29, 1.82) is 0 Å². The summed E-state index contributed by atoms with van der Waals surface area (Å²) in [5, 5.41) is 7.49. The number of nitrogens with zero attached hydrogens (tertiary/aromatic N) is 5. The van der Waals surface area contributed by atoms with E-state index < -0.39 is 0 Å². The lowest BCUT2D eigenvalue weighted by atomic mass is 10.00. The topological polar surface area (TPSA) is 85.2 Å². The zero-order valence-corrected chi connectivity index (χ0v) is 15.3. The molecule has 8 nitrogen and oxygen atoms in total. The number of aryl methyl sites for hydroxylation is 2. The molecule has 1 aliphatic heterocycles. The van der Waals surface area contributed by atoms with E-state index >= 15 is 0 Å². The van der Waals surface area contributed by atoms with E-state index in [4.69, 9.17) is 4.74 Å². The fourth-order valence-electron chi connectivity index (χ4n) is 3.14. The highest BCUT2D eigenvalue weighted by Gasteiger charge is 2.34. The molecule has 3 heterocycles. The van der Waals surface area contributed by atoms with Gasteiger partial charge in [0.05, 0.1) is 24.1 Å². The van der Waals surface area contributed by atoms with Crippen LogP contribution in [0.15, 0.2) is 12.4 Å². The molecule has 1 amide bonds. The summed E-state index contributed by atoms with van der Waals surface area (Å²) in [5.74, 6) is 0.470. The average Bonchev–Trinajstić information content (AvgIpc) is 3.11. The first-order chi connectivity index (χ1) is 11.9. The lowest BCUT2D eigenvalue weighted by molar-refractivity contribution is 0.0813. The molecule has 25 heavy (non-hydrogen) atoms. The van der Waals surface area contributed by atoms with E-state index in [9.17, 15) is 4.79 Å². The first-order valence-corrected chi connectivity index (χ1v) is 8.30. The second-order valence-electron chi connectivity index (χ2n) is 6.52. The maximum absolute atomic E-state index is 12.5. The van der Waals surface area contributed by atoms with Crippen LogP contribution < -0.4 is 10.2 Å². The minimum atomic E-state index is -0.238. The number of carbonyl (C=O) groups excluding carboxylic acids is 1. The Morgan fingerprint density at radius 2 is 2.08 bits per heavy atom. The Balaban J connectivity index is 1.76. The van der Waals surface area contributed by atoms with Crippen LogP contribution in [0, 0.1) is 13.8 Å². The Morgan fingerprint density at radius 1 is 1.32 bits per heavy atom. The van der Waals surface area contributed by atoms with Crippen molar-refractivity contribution in [2.45, 2.75) is 32.4 Å². The molecule has 2 aromatic heterocycles. The quantitative estimate of drug-likeness (QED) is 0.896. The highest BCUT2D eigenvalue weighted by atomic mass is 16.5. The second kappa shape index (κ2) is 6.79. The SMILES string of the molecule is Cc1nn(C)c(C)c1[C@H]1OCC[C@@H]1NC(=O)c1cnc(N(C)C)cn1. The zero-order chi connectivity index (χ0) is 18.1. The normalized spacial score (nSPS) is 19.9. The number of carbonyl (C=O) groups is 1. The van der Waals surface area contributed by atoms with Gasteiger partial charge in [-0.25, -0.2) is 9.97 Å². The maximum atomic E-state index is 12.5. The Labute approximate surface area is 147 Å². The van der Waals surface area contributed by atoms with Gasteiger partial charge in [-0.2, -0.15) is 5.10 Å². The Kier molecular flexibility index (Phi) is 4.71. The van der Waals surface area contributed by atoms with Crippen LogP contribution in [-0.2, 0) is 11.8 Å². The van der Waals surface area contributed by atoms with Crippen LogP contribution in [0.2, 0.25) is 0 Å². The van der Waals surface area contributed by atoms with Crippen LogP contribution in [0.3, 0.4) is 0 Å². The third-order valence-corrected chi connectivity index (χ3v) is 4.59. The maximum Gasteiger partial charge on any atom is 0.271 e. The van der Waals surface area contributed by atoms with Gasteiger partial charge in [-0.1, -0.05) is 0 Å². The number of anilines is 1. The Bertz CT molecular complexity index is 768. The minimum Gasteiger partial charge on any atom is -0.371 e. The van der Waals surface area contributed by atoms with Crippen LogP contribution in [-0.4, -0.2) is 52.4 Å². The zero-order valence-electron chi connectivity index (χ0n) is 15.3. The van der Waals surface area contributed by atoms with Gasteiger partial charge in [-0.3, -0.25) is 9.48 Å². The Morgan fingerprint density at radius 3 is 2.64 bits per heavy atom. The van der Waals surface area contributed by atoms with Crippen molar-refractivity contribution < 1.29 is 9.53 Å². The largest absolute Gasteiger partial charge is 0.371 e. The van der Waals surface area contributed by atoms with Crippen molar-refractivity contribution >= 4 is 11.7 Å². The summed E-state index contributed by atoms with van der Waals surface area (Å²) in [6.45, 7) is 4.59. The van der Waals surface area contributed by atoms with Crippen molar-refractivity contribution in [3.8, 4) is 0 Å². The van der Waals surface area contributed by atoms with Crippen LogP contribution in [0.5, 0.6) is 0 Å². The minimum absolute atomic E-state index is 0.107. The molecule has 0 aliphatic carbocycles. The van der Waals surface area contributed by atoms with Crippen LogP contribution in [0.4, 0.5) is 5.82 Å². The van der Waals surface area contributed by atoms with E-state index in [1.165, 1.54) is 6.20 Å². The highest BCUT2D eigenvalue weighted by Crippen LogP contribution is 2.33. The van der Waals surface area contributed by atoms with Crippen LogP contribution in [0.25, 0.3) is 0 Å². The van der Waals surface area contributed by atoms with Gasteiger partial charge >= 0.3 is 0 Å². The number of hydrogen-bond acceptors (Lipinski definition) is 6. The molecule has 1 saturated heterocycles. The van der Waals surface area contributed by atoms with Crippen molar-refractivity contribution in [2.24, 2.45) is 7.05 Å². The van der Waals surface area contributed by atoms with Crippen molar-refractivity contribution in [3.63, 3.8) is 0 Å². The molecule has 0 spiro atoms. The predicted octanol–water partition coefficient (Wildman–Crippen LogP) is 1.15. The van der Waals surface area contributed by atoms with Gasteiger partial charge in [0.2, 0.25) is 0 Å². The molecular weight excluding hydrogens is 320 g/mol. The summed E-state index contributed by atoms with van der Waals surface area (Å²) >= 11 is 0. The van der Waals surface area contributed by atoms with Gasteiger partial charge < -0.3 is 15.0 Å². The molecule has 1 N–H and O–H groups in total. The molecule has 1 fully saturated rings. The Hall–Kier alpha value is -2.48. The number of hydrogen-bond donors (Lipinski definition) is 1. The standard InChI is InChI=1S/C17H24N6O2/c1-10-15(11(2)23(5)21-10)16-12(6-7-25-16)20-17(24)13-8-19-14(9-18-13)22(3)4/h8-9,12,16H,6-7H2,1-5H3,(H,20,24)/t12-,16-/m0/s1. The molecule has 0 radical (unpaired) electrons. The second-order valence-corrected chi connectivity index (χ2v) is 6.52. The summed E-state index contributed by atoms with van der Waals surface area (Å²) < 4.78 is 7.75. The van der Waals surface area contributed by atoms with Crippen LogP contribution >= 0.6 is 0 Å². The molecule has 0 aromatic carbocycles. The van der Waals surface area contributed by atoms with Gasteiger partial charge in [-0.15, -0.1) is 0 Å². The van der Waals surface area contributed by atoms with Crippen molar-refractivity contribution in [1.82, 2.24) is 25.1 Å². The highest BCUT2D eigenvalue weighted by molar-refractivity contribution is 5.92. The summed E-state index contributed by atoms with van der Waals surface area (Å²) in [7, 11) is 5.67. The molecule has 2 atom stereocenters. The third-order valence-electron chi connectivity index (χ3n) is 4.59. The predicted molar refractivity (Wildman–Crippen MR) is 93.6 cm³/mol. The fourth-order valence-corrected chi connectivity index (χ4v) is 3.14. The molecule has 8 heteroatoms. The van der Waals surface area contributed by atoms with E-state index in [1.54, 1.807) is 6.20 Å². The molecule has 1 aliphatic rings. The first-order valence-electron chi connectivity index (χ1n) is 8.30. The van der Waals surface area contributed by atoms with Crippen molar-refractivity contribution in [2.75, 3.05) is 25.6 Å². The van der Waals surface area contributed by atoms with Gasteiger partial charge in [0.1, 0.15) is 17.6 Å². The fraction of sp³-hybridized carbons (Fsp3) is 0.529. The third kappa shape index (κ3) is 3.34. The monoisotopic (exact) mass is 344 g/mol. The van der Waals surface area contributed by atoms with E-state index in [2.05, 4.69) is 20.4 Å². The van der Waals surface area contributed by atoms with E-state index in [1.807, 2.05) is 44.6 Å². The smallest absolute Gasteiger partial charge is 0.271 e. The summed E-state index contributed by atoms with van der Waals surface area (Å²) in [4.78, 5) is 22.8. The van der Waals surface area contributed by atoms with Gasteiger partial charge in [-0.05, 0) is 20.3 Å². The number of nitrogens with one attached hydrogen (secondary N) is 1. The van der Waals surface area contributed by atoms with Gasteiger partial charge in [0.15, 0.2) is 0 Å². The first kappa shape index (κ1) is 17.3. The van der Waals surface area contributed by atoms with Gasteiger partial charge in [0.25, 0.3) is 5.91 Å². The summed E-state index contributed by atoms with van der Waals surface area (Å²) in [6.07, 6.45) is 3.66. The summed E-state index contributed by atoms with van der Waals surface area (Å²) in [5.41, 5.74) is 3.34. The lowest BCUT2D eigenvalue weighted by Gasteiger charge is -2.20. The molecule has 0 unspecified atom stereocenters. The van der Waals surface area contributed by atoms with Crippen LogP contribution in [0.1, 0.15) is 40.0 Å². The number of aromatic nitrogens is 4. The number of amides is 1. The van der Waals surface area contributed by atoms with E-state index in [0.29, 0.717) is 18.1 Å². The molecule has 2 aromatic rings. The van der Waals surface area contributed by atoms with Crippen molar-refractivity contribution in [3.05, 3.63) is 35.0 Å². The molecule has 134 valence electrons. The summed E-state index contributed by atoms with van der Waals surface area (Å²) in [6, 6.07) is -0.107. The molecular formula is C17H24N6O2. The van der Waals surface area contributed by atoms with E-state index in [-0.39, 0.29) is 18.1 Å². The molecule has 0 saturated carbocycles. The van der Waals surface area contributed by atoms with E-state index in [0.717, 1.165) is 23.4 Å². The van der Waals surface area contributed by atoms with Gasteiger partial charge in [0, 0.05) is 39.0 Å². The molecule has 0 bridgehead atoms. The average molecular weight is 344 g/mol. The lowest BCUT2D eigenvalue weighted by Crippen LogP contribution is -2.37. The number of rotatable bonds is 4.